The third-order valence-electron chi connectivity index (χ3n) is 3.25. The summed E-state index contributed by atoms with van der Waals surface area (Å²) in [6, 6.07) is 0.992. The minimum Gasteiger partial charge on any atom is -0.333 e. The molecular formula is C9H17N3O. The van der Waals surface area contributed by atoms with E-state index in [0.29, 0.717) is 18.0 Å². The number of hydrogen-bond donors (Lipinski definition) is 2. The highest BCUT2D eigenvalue weighted by Gasteiger charge is 2.47. The van der Waals surface area contributed by atoms with Gasteiger partial charge in [-0.15, -0.1) is 0 Å². The highest BCUT2D eigenvalue weighted by atomic mass is 16.2. The first kappa shape index (κ1) is 8.81. The molecule has 0 radical (unpaired) electrons. The first-order chi connectivity index (χ1) is 6.22. The highest BCUT2D eigenvalue weighted by molar-refractivity contribution is 5.74. The summed E-state index contributed by atoms with van der Waals surface area (Å²) >= 11 is 0. The summed E-state index contributed by atoms with van der Waals surface area (Å²) in [5.41, 5.74) is 0. The molecule has 3 aliphatic rings. The zero-order valence-corrected chi connectivity index (χ0v) is 8.21. The third-order valence-corrected chi connectivity index (χ3v) is 3.25. The molecule has 0 spiro atoms. The van der Waals surface area contributed by atoms with E-state index >= 15 is 0 Å². The second-order valence-electron chi connectivity index (χ2n) is 4.00. The van der Waals surface area contributed by atoms with E-state index in [4.69, 9.17) is 0 Å². The maximum atomic E-state index is 11.5. The Balaban J connectivity index is 1.82. The smallest absolute Gasteiger partial charge is 0.317 e. The molecule has 1 aliphatic carbocycles. The molecule has 0 aromatic heterocycles. The quantitative estimate of drug-likeness (QED) is 0.633. The molecule has 2 heterocycles. The van der Waals surface area contributed by atoms with Crippen LogP contribution < -0.4 is 10.6 Å². The lowest BCUT2D eigenvalue weighted by Gasteiger charge is -2.36. The van der Waals surface area contributed by atoms with E-state index in [1.807, 2.05) is 14.0 Å². The molecule has 2 saturated heterocycles. The minimum atomic E-state index is 0.0610. The van der Waals surface area contributed by atoms with E-state index in [2.05, 4.69) is 10.6 Å². The van der Waals surface area contributed by atoms with E-state index in [1.165, 1.54) is 6.42 Å². The second kappa shape index (κ2) is 3.18. The summed E-state index contributed by atoms with van der Waals surface area (Å²) in [5.74, 6) is 0.680. The van der Waals surface area contributed by atoms with Crippen LogP contribution in [0.2, 0.25) is 0 Å². The van der Waals surface area contributed by atoms with Crippen LogP contribution in [0, 0.1) is 5.92 Å². The van der Waals surface area contributed by atoms with Gasteiger partial charge in [-0.05, 0) is 19.3 Å². The van der Waals surface area contributed by atoms with Gasteiger partial charge in [0.05, 0.1) is 0 Å². The van der Waals surface area contributed by atoms with Gasteiger partial charge in [-0.3, -0.25) is 0 Å². The SMILES string of the molecule is CCN(C)C(=O)NC1C2CNC1C2. The van der Waals surface area contributed by atoms with Gasteiger partial charge in [0, 0.05) is 32.2 Å². The molecular weight excluding hydrogens is 166 g/mol. The normalized spacial score (nSPS) is 35.4. The maximum Gasteiger partial charge on any atom is 0.317 e. The molecule has 74 valence electrons. The number of fused-ring (bicyclic) bond motifs is 1. The average Bonchev–Trinajstić information content (AvgIpc) is 2.73. The summed E-state index contributed by atoms with van der Waals surface area (Å²) in [7, 11) is 1.82. The van der Waals surface area contributed by atoms with Gasteiger partial charge in [0.25, 0.3) is 0 Å². The van der Waals surface area contributed by atoms with Crippen molar-refractivity contribution in [1.82, 2.24) is 15.5 Å². The molecule has 4 heteroatoms. The lowest BCUT2D eigenvalue weighted by molar-refractivity contribution is 0.185. The van der Waals surface area contributed by atoms with Crippen molar-refractivity contribution < 1.29 is 4.79 Å². The second-order valence-corrected chi connectivity index (χ2v) is 4.00. The Hall–Kier alpha value is -0.770. The first-order valence-electron chi connectivity index (χ1n) is 4.97. The lowest BCUT2D eigenvalue weighted by Crippen LogP contribution is -2.56. The molecule has 13 heavy (non-hydrogen) atoms. The van der Waals surface area contributed by atoms with Crippen LogP contribution >= 0.6 is 0 Å². The van der Waals surface area contributed by atoms with E-state index in [9.17, 15) is 4.79 Å². The molecule has 3 rings (SSSR count). The monoisotopic (exact) mass is 183 g/mol. The summed E-state index contributed by atoms with van der Waals surface area (Å²) < 4.78 is 0. The fourth-order valence-corrected chi connectivity index (χ4v) is 2.09. The largest absolute Gasteiger partial charge is 0.333 e. The number of hydrogen-bond acceptors (Lipinski definition) is 2. The molecule has 2 aliphatic heterocycles. The van der Waals surface area contributed by atoms with E-state index < -0.39 is 0 Å². The Morgan fingerprint density at radius 2 is 2.46 bits per heavy atom. The Morgan fingerprint density at radius 1 is 1.69 bits per heavy atom. The van der Waals surface area contributed by atoms with Crippen molar-refractivity contribution >= 4 is 6.03 Å². The van der Waals surface area contributed by atoms with Crippen LogP contribution in [0.5, 0.6) is 0 Å². The summed E-state index contributed by atoms with van der Waals surface area (Å²) in [4.78, 5) is 13.2. The summed E-state index contributed by atoms with van der Waals surface area (Å²) in [6.45, 7) is 3.82. The van der Waals surface area contributed by atoms with Crippen molar-refractivity contribution in [3.05, 3.63) is 0 Å². The number of amides is 2. The Kier molecular flexibility index (Phi) is 2.15. The predicted molar refractivity (Wildman–Crippen MR) is 50.5 cm³/mol. The predicted octanol–water partition coefficient (Wildman–Crippen LogP) is 0.00800. The molecule has 2 amide bonds. The van der Waals surface area contributed by atoms with Gasteiger partial charge in [-0.25, -0.2) is 4.79 Å². The van der Waals surface area contributed by atoms with Gasteiger partial charge >= 0.3 is 6.03 Å². The van der Waals surface area contributed by atoms with Gasteiger partial charge in [-0.2, -0.15) is 0 Å². The van der Waals surface area contributed by atoms with Crippen LogP contribution in [-0.4, -0.2) is 43.2 Å². The first-order valence-corrected chi connectivity index (χ1v) is 4.97. The average molecular weight is 183 g/mol. The van der Waals surface area contributed by atoms with E-state index in [1.54, 1.807) is 4.90 Å². The lowest BCUT2D eigenvalue weighted by atomic mass is 9.80. The van der Waals surface area contributed by atoms with Crippen molar-refractivity contribution in [3.8, 4) is 0 Å². The Morgan fingerprint density at radius 3 is 2.92 bits per heavy atom. The highest BCUT2D eigenvalue weighted by Crippen LogP contribution is 2.33. The molecule has 4 nitrogen and oxygen atoms in total. The summed E-state index contributed by atoms with van der Waals surface area (Å²) in [5, 5.41) is 6.43. The van der Waals surface area contributed by atoms with Crippen molar-refractivity contribution in [1.29, 1.82) is 0 Å². The van der Waals surface area contributed by atoms with Crippen LogP contribution in [0.15, 0.2) is 0 Å². The van der Waals surface area contributed by atoms with Crippen LogP contribution in [0.25, 0.3) is 0 Å². The zero-order valence-electron chi connectivity index (χ0n) is 8.21. The van der Waals surface area contributed by atoms with E-state index in [0.717, 1.165) is 13.1 Å². The summed E-state index contributed by atoms with van der Waals surface area (Å²) in [6.07, 6.45) is 1.24. The fourth-order valence-electron chi connectivity index (χ4n) is 2.09. The molecule has 0 aromatic carbocycles. The molecule has 3 atom stereocenters. The van der Waals surface area contributed by atoms with Gasteiger partial charge in [0.15, 0.2) is 0 Å². The number of rotatable bonds is 2. The number of nitrogens with zero attached hydrogens (tertiary/aromatic N) is 1. The van der Waals surface area contributed by atoms with Crippen LogP contribution in [-0.2, 0) is 0 Å². The standard InChI is InChI=1S/C9H17N3O/c1-3-12(2)9(13)11-8-6-4-7(8)10-5-6/h6-8,10H,3-5H2,1-2H3,(H,11,13). The fraction of sp³-hybridized carbons (Fsp3) is 0.889. The van der Waals surface area contributed by atoms with Gasteiger partial charge in [0.2, 0.25) is 0 Å². The molecule has 3 unspecified atom stereocenters. The van der Waals surface area contributed by atoms with Crippen molar-refractivity contribution in [3.63, 3.8) is 0 Å². The minimum absolute atomic E-state index is 0.0610. The van der Waals surface area contributed by atoms with Crippen molar-refractivity contribution in [2.24, 2.45) is 5.92 Å². The van der Waals surface area contributed by atoms with Gasteiger partial charge in [0.1, 0.15) is 0 Å². The Bertz CT molecular complexity index is 205. The molecule has 3 fully saturated rings. The van der Waals surface area contributed by atoms with Gasteiger partial charge in [-0.1, -0.05) is 0 Å². The van der Waals surface area contributed by atoms with Crippen molar-refractivity contribution in [2.45, 2.75) is 25.4 Å². The molecule has 0 aromatic rings. The topological polar surface area (TPSA) is 44.4 Å². The molecule has 2 bridgehead atoms. The maximum absolute atomic E-state index is 11.5. The number of urea groups is 1. The zero-order chi connectivity index (χ0) is 9.42. The van der Waals surface area contributed by atoms with E-state index in [-0.39, 0.29) is 6.03 Å². The Labute approximate surface area is 78.7 Å². The van der Waals surface area contributed by atoms with Crippen LogP contribution in [0.3, 0.4) is 0 Å². The number of carbonyl (C=O) groups is 1. The molecule has 2 N–H and O–H groups in total. The van der Waals surface area contributed by atoms with Gasteiger partial charge < -0.3 is 15.5 Å². The third kappa shape index (κ3) is 1.39. The van der Waals surface area contributed by atoms with Crippen LogP contribution in [0.4, 0.5) is 4.79 Å². The van der Waals surface area contributed by atoms with Crippen LogP contribution in [0.1, 0.15) is 13.3 Å². The number of carbonyl (C=O) groups excluding carboxylic acids is 1. The molecule has 1 saturated carbocycles. The van der Waals surface area contributed by atoms with Crippen molar-refractivity contribution in [2.75, 3.05) is 20.1 Å². The number of nitrogens with one attached hydrogen (secondary N) is 2.